The van der Waals surface area contributed by atoms with Crippen molar-refractivity contribution < 1.29 is 26.3 Å². The average molecular weight is 269 g/mol. The molecule has 1 rings (SSSR count). The summed E-state index contributed by atoms with van der Waals surface area (Å²) < 4.78 is 62.5. The van der Waals surface area contributed by atoms with E-state index in [-0.39, 0.29) is 0 Å². The lowest BCUT2D eigenvalue weighted by Crippen LogP contribution is -2.21. The molecular weight excluding hydrogens is 259 g/mol. The second kappa shape index (κ2) is 4.53. The number of ether oxygens (including phenoxy) is 1. The number of hydrogen-bond donors (Lipinski definition) is 1. The fourth-order valence-electron chi connectivity index (χ4n) is 1.12. The number of rotatable bonds is 3. The Hall–Kier alpha value is -1.28. The van der Waals surface area contributed by atoms with Crippen molar-refractivity contribution in [2.75, 3.05) is 6.61 Å². The second-order valence-electron chi connectivity index (χ2n) is 3.40. The van der Waals surface area contributed by atoms with Crippen molar-refractivity contribution in [2.45, 2.75) is 18.0 Å². The van der Waals surface area contributed by atoms with Crippen molar-refractivity contribution in [1.29, 1.82) is 0 Å². The van der Waals surface area contributed by atoms with Crippen LogP contribution in [0.15, 0.2) is 23.1 Å². The van der Waals surface area contributed by atoms with Gasteiger partial charge in [0.2, 0.25) is 10.0 Å². The van der Waals surface area contributed by atoms with Crippen LogP contribution in [0.2, 0.25) is 0 Å². The monoisotopic (exact) mass is 269 g/mol. The SMILES string of the molecule is Cc1ccc(OCC(F)(F)F)c(S(N)(=O)=O)c1. The third-order valence-electron chi connectivity index (χ3n) is 1.80. The third-order valence-corrected chi connectivity index (χ3v) is 2.73. The molecule has 8 heteroatoms. The Morgan fingerprint density at radius 3 is 2.41 bits per heavy atom. The molecule has 0 aliphatic carbocycles. The topological polar surface area (TPSA) is 69.4 Å². The molecule has 4 nitrogen and oxygen atoms in total. The van der Waals surface area contributed by atoms with Gasteiger partial charge in [-0.15, -0.1) is 0 Å². The van der Waals surface area contributed by atoms with Gasteiger partial charge in [-0.25, -0.2) is 13.6 Å². The van der Waals surface area contributed by atoms with Crippen LogP contribution >= 0.6 is 0 Å². The van der Waals surface area contributed by atoms with E-state index in [1.54, 1.807) is 6.92 Å². The van der Waals surface area contributed by atoms with E-state index in [9.17, 15) is 21.6 Å². The molecule has 0 amide bonds. The van der Waals surface area contributed by atoms with Crippen LogP contribution in [0.25, 0.3) is 0 Å². The third kappa shape index (κ3) is 4.23. The highest BCUT2D eigenvalue weighted by molar-refractivity contribution is 7.89. The Balaban J connectivity index is 3.08. The van der Waals surface area contributed by atoms with Crippen LogP contribution in [0.5, 0.6) is 5.75 Å². The second-order valence-corrected chi connectivity index (χ2v) is 4.93. The first-order valence-electron chi connectivity index (χ1n) is 4.42. The van der Waals surface area contributed by atoms with E-state index in [0.29, 0.717) is 5.56 Å². The highest BCUT2D eigenvalue weighted by Gasteiger charge is 2.29. The van der Waals surface area contributed by atoms with Crippen molar-refractivity contribution in [3.8, 4) is 5.75 Å². The van der Waals surface area contributed by atoms with E-state index in [4.69, 9.17) is 5.14 Å². The summed E-state index contributed by atoms with van der Waals surface area (Å²) in [6, 6.07) is 3.72. The Bertz CT molecular complexity index is 511. The lowest BCUT2D eigenvalue weighted by atomic mass is 10.2. The van der Waals surface area contributed by atoms with Crippen LogP contribution in [0.3, 0.4) is 0 Å². The summed E-state index contributed by atoms with van der Waals surface area (Å²) in [5.74, 6) is -0.407. The first kappa shape index (κ1) is 13.8. The summed E-state index contributed by atoms with van der Waals surface area (Å²) in [4.78, 5) is -0.457. The minimum Gasteiger partial charge on any atom is -0.483 e. The van der Waals surface area contributed by atoms with Gasteiger partial charge in [-0.05, 0) is 24.6 Å². The van der Waals surface area contributed by atoms with Gasteiger partial charge in [-0.1, -0.05) is 6.07 Å². The fourth-order valence-corrected chi connectivity index (χ4v) is 1.87. The zero-order valence-electron chi connectivity index (χ0n) is 8.78. The molecule has 0 heterocycles. The van der Waals surface area contributed by atoms with Crippen molar-refractivity contribution in [2.24, 2.45) is 5.14 Å². The van der Waals surface area contributed by atoms with Gasteiger partial charge in [-0.2, -0.15) is 13.2 Å². The number of halogens is 3. The standard InChI is InChI=1S/C9H10F3NO3S/c1-6-2-3-7(16-5-9(10,11)12)8(4-6)17(13,14)15/h2-4H,5H2,1H3,(H2,13,14,15). The number of primary sulfonamides is 1. The van der Waals surface area contributed by atoms with Gasteiger partial charge < -0.3 is 4.74 Å². The molecule has 17 heavy (non-hydrogen) atoms. The van der Waals surface area contributed by atoms with E-state index in [0.717, 1.165) is 12.1 Å². The molecule has 0 bridgehead atoms. The lowest BCUT2D eigenvalue weighted by molar-refractivity contribution is -0.153. The largest absolute Gasteiger partial charge is 0.483 e. The summed E-state index contributed by atoms with van der Waals surface area (Å²) in [5.41, 5.74) is 0.549. The molecule has 0 atom stereocenters. The van der Waals surface area contributed by atoms with Gasteiger partial charge in [0.1, 0.15) is 10.6 Å². The average Bonchev–Trinajstić information content (AvgIpc) is 2.13. The van der Waals surface area contributed by atoms with Crippen LogP contribution in [0, 0.1) is 6.92 Å². The molecule has 1 aromatic rings. The van der Waals surface area contributed by atoms with Crippen molar-refractivity contribution in [1.82, 2.24) is 0 Å². The summed E-state index contributed by atoms with van der Waals surface area (Å²) in [6.07, 6.45) is -4.54. The molecule has 0 saturated heterocycles. The number of hydrogen-bond acceptors (Lipinski definition) is 3. The molecule has 96 valence electrons. The Morgan fingerprint density at radius 2 is 1.94 bits per heavy atom. The molecule has 0 spiro atoms. The molecule has 1 aromatic carbocycles. The van der Waals surface area contributed by atoms with Gasteiger partial charge in [-0.3, -0.25) is 0 Å². The highest BCUT2D eigenvalue weighted by atomic mass is 32.2. The lowest BCUT2D eigenvalue weighted by Gasteiger charge is -2.12. The fraction of sp³-hybridized carbons (Fsp3) is 0.333. The van der Waals surface area contributed by atoms with E-state index < -0.39 is 33.5 Å². The normalized spacial score (nSPS) is 12.5. The highest BCUT2D eigenvalue weighted by Crippen LogP contribution is 2.26. The van der Waals surface area contributed by atoms with Gasteiger partial charge in [0.25, 0.3) is 0 Å². The molecule has 0 radical (unpaired) electrons. The number of benzene rings is 1. The molecule has 0 unspecified atom stereocenters. The maximum absolute atomic E-state index is 11.9. The number of sulfonamides is 1. The molecule has 0 aliphatic heterocycles. The number of nitrogens with two attached hydrogens (primary N) is 1. The van der Waals surface area contributed by atoms with Crippen LogP contribution in [0.4, 0.5) is 13.2 Å². The predicted octanol–water partition coefficient (Wildman–Crippen LogP) is 1.58. The number of aryl methyl sites for hydroxylation is 1. The quantitative estimate of drug-likeness (QED) is 0.905. The first-order chi connectivity index (χ1) is 7.59. The van der Waals surface area contributed by atoms with Crippen LogP contribution in [-0.4, -0.2) is 21.2 Å². The summed E-state index contributed by atoms with van der Waals surface area (Å²) in [5, 5.41) is 4.88. The van der Waals surface area contributed by atoms with E-state index >= 15 is 0 Å². The summed E-state index contributed by atoms with van der Waals surface area (Å²) >= 11 is 0. The van der Waals surface area contributed by atoms with Gasteiger partial charge in [0.05, 0.1) is 0 Å². The smallest absolute Gasteiger partial charge is 0.422 e. The van der Waals surface area contributed by atoms with Gasteiger partial charge in [0.15, 0.2) is 6.61 Å². The van der Waals surface area contributed by atoms with Crippen molar-refractivity contribution >= 4 is 10.0 Å². The van der Waals surface area contributed by atoms with Crippen molar-refractivity contribution in [3.05, 3.63) is 23.8 Å². The molecule has 0 aromatic heterocycles. The summed E-state index contributed by atoms with van der Waals surface area (Å²) in [7, 11) is -4.12. The first-order valence-corrected chi connectivity index (χ1v) is 5.97. The van der Waals surface area contributed by atoms with E-state index in [1.165, 1.54) is 6.07 Å². The Morgan fingerprint density at radius 1 is 1.35 bits per heavy atom. The van der Waals surface area contributed by atoms with Crippen LogP contribution in [-0.2, 0) is 10.0 Å². The maximum Gasteiger partial charge on any atom is 0.422 e. The van der Waals surface area contributed by atoms with E-state index in [2.05, 4.69) is 4.74 Å². The molecular formula is C9H10F3NO3S. The maximum atomic E-state index is 11.9. The van der Waals surface area contributed by atoms with E-state index in [1.807, 2.05) is 0 Å². The molecule has 0 saturated carbocycles. The Kier molecular flexibility index (Phi) is 3.68. The zero-order valence-corrected chi connectivity index (χ0v) is 9.60. The molecule has 2 N–H and O–H groups in total. The minimum absolute atomic E-state index is 0.407. The van der Waals surface area contributed by atoms with Gasteiger partial charge >= 0.3 is 6.18 Å². The predicted molar refractivity (Wildman–Crippen MR) is 54.1 cm³/mol. The minimum atomic E-state index is -4.54. The number of alkyl halides is 3. The van der Waals surface area contributed by atoms with Crippen LogP contribution < -0.4 is 9.88 Å². The Labute approximate surface area is 96.2 Å². The molecule has 0 fully saturated rings. The summed E-state index contributed by atoms with van der Waals surface area (Å²) in [6.45, 7) is 0.0147. The van der Waals surface area contributed by atoms with Crippen LogP contribution in [0.1, 0.15) is 5.56 Å². The molecule has 0 aliphatic rings. The van der Waals surface area contributed by atoms with Gasteiger partial charge in [0, 0.05) is 0 Å². The zero-order chi connectivity index (χ0) is 13.3. The van der Waals surface area contributed by atoms with Crippen molar-refractivity contribution in [3.63, 3.8) is 0 Å².